The normalized spacial score (nSPS) is 19.1. The Morgan fingerprint density at radius 2 is 1.97 bits per heavy atom. The summed E-state index contributed by atoms with van der Waals surface area (Å²) in [6, 6.07) is 5.04. The van der Waals surface area contributed by atoms with Crippen molar-refractivity contribution < 1.29 is 4.74 Å². The van der Waals surface area contributed by atoms with Gasteiger partial charge in [0.2, 0.25) is 0 Å². The smallest absolute Gasteiger partial charge is 0.197 e. The Morgan fingerprint density at radius 3 is 2.65 bits per heavy atom. The number of rotatable bonds is 6. The highest BCUT2D eigenvalue weighted by molar-refractivity contribution is 5.89. The highest BCUT2D eigenvalue weighted by Gasteiger charge is 2.28. The van der Waals surface area contributed by atoms with Crippen LogP contribution in [-0.2, 0) is 0 Å². The lowest BCUT2D eigenvalue weighted by molar-refractivity contribution is 0.189. The molecule has 4 aromatic rings. The van der Waals surface area contributed by atoms with Crippen LogP contribution in [0, 0.1) is 6.92 Å². The van der Waals surface area contributed by atoms with Crippen molar-refractivity contribution in [3.05, 3.63) is 41.5 Å². The van der Waals surface area contributed by atoms with Crippen LogP contribution in [0.3, 0.4) is 0 Å². The van der Waals surface area contributed by atoms with E-state index in [4.69, 9.17) is 9.72 Å². The monoisotopic (exact) mass is 460 g/mol. The van der Waals surface area contributed by atoms with Crippen LogP contribution < -0.4 is 4.74 Å². The fourth-order valence-corrected chi connectivity index (χ4v) is 5.68. The molecular weight excluding hydrogens is 424 g/mol. The predicted molar refractivity (Wildman–Crippen MR) is 137 cm³/mol. The number of nitrogens with one attached hydrogen (secondary N) is 1. The number of aromatic amines is 1. The minimum absolute atomic E-state index is 0.318. The van der Waals surface area contributed by atoms with Gasteiger partial charge in [0.15, 0.2) is 11.4 Å². The Labute approximate surface area is 201 Å². The predicted octanol–water partition coefficient (Wildman–Crippen LogP) is 5.69. The van der Waals surface area contributed by atoms with E-state index < -0.39 is 0 Å². The SMILES string of the molecule is CCN(C)C1CCC(c2nc3c(C(C)C)c(-c4cc(OC)c5ncnn5c4)[nH]c3cc2C)CC1. The summed E-state index contributed by atoms with van der Waals surface area (Å²) < 4.78 is 7.39. The lowest BCUT2D eigenvalue weighted by atomic mass is 9.82. The summed E-state index contributed by atoms with van der Waals surface area (Å²) >= 11 is 0. The van der Waals surface area contributed by atoms with E-state index in [1.807, 2.05) is 12.3 Å². The number of hydrogen-bond acceptors (Lipinski definition) is 5. The Kier molecular flexibility index (Phi) is 6.06. The first-order valence-corrected chi connectivity index (χ1v) is 12.5. The van der Waals surface area contributed by atoms with Gasteiger partial charge in [-0.2, -0.15) is 5.10 Å². The molecule has 0 unspecified atom stereocenters. The highest BCUT2D eigenvalue weighted by Crippen LogP contribution is 2.40. The van der Waals surface area contributed by atoms with Crippen LogP contribution in [0.5, 0.6) is 5.75 Å². The zero-order valence-corrected chi connectivity index (χ0v) is 21.2. The van der Waals surface area contributed by atoms with E-state index >= 15 is 0 Å². The molecule has 0 bridgehead atoms. The largest absolute Gasteiger partial charge is 0.493 e. The fraction of sp³-hybridized carbons (Fsp3) is 0.519. The molecule has 0 spiro atoms. The molecule has 1 N–H and O–H groups in total. The fourth-order valence-electron chi connectivity index (χ4n) is 5.68. The standard InChI is InChI=1S/C27H36N6O/c1-7-32(5)20-10-8-18(9-11-20)24-17(4)12-21-26(31-24)23(16(2)3)25(30-21)19-13-22(34-6)27-28-15-29-33(27)14-19/h12-16,18,20,30H,7-11H2,1-6H3. The van der Waals surface area contributed by atoms with Gasteiger partial charge in [0, 0.05) is 35.0 Å². The van der Waals surface area contributed by atoms with Crippen LogP contribution >= 0.6 is 0 Å². The lowest BCUT2D eigenvalue weighted by Crippen LogP contribution is -2.34. The molecule has 0 aromatic carbocycles. The van der Waals surface area contributed by atoms with Crippen LogP contribution in [-0.4, -0.2) is 56.2 Å². The van der Waals surface area contributed by atoms with Crippen LogP contribution in [0.4, 0.5) is 0 Å². The number of H-pyrrole nitrogens is 1. The van der Waals surface area contributed by atoms with E-state index in [1.54, 1.807) is 18.0 Å². The third kappa shape index (κ3) is 3.86. The first kappa shape index (κ1) is 22.8. The summed E-state index contributed by atoms with van der Waals surface area (Å²) in [4.78, 5) is 15.8. The molecule has 1 saturated carbocycles. The minimum atomic E-state index is 0.318. The van der Waals surface area contributed by atoms with Crippen LogP contribution in [0.2, 0.25) is 0 Å². The maximum Gasteiger partial charge on any atom is 0.197 e. The molecule has 7 nitrogen and oxygen atoms in total. The van der Waals surface area contributed by atoms with Crippen molar-refractivity contribution in [2.24, 2.45) is 0 Å². The number of aryl methyl sites for hydroxylation is 1. The van der Waals surface area contributed by atoms with Crippen molar-refractivity contribution in [1.82, 2.24) is 29.5 Å². The Morgan fingerprint density at radius 1 is 1.21 bits per heavy atom. The first-order valence-electron chi connectivity index (χ1n) is 12.5. The summed E-state index contributed by atoms with van der Waals surface area (Å²) in [5.41, 5.74) is 8.82. The maximum absolute atomic E-state index is 5.62. The van der Waals surface area contributed by atoms with Crippen LogP contribution in [0.25, 0.3) is 27.9 Å². The maximum atomic E-state index is 5.62. The lowest BCUT2D eigenvalue weighted by Gasteiger charge is -2.34. The molecule has 0 atom stereocenters. The number of aromatic nitrogens is 5. The molecule has 4 aromatic heterocycles. The first-order chi connectivity index (χ1) is 16.4. The van der Waals surface area contributed by atoms with Gasteiger partial charge in [0.25, 0.3) is 0 Å². The molecule has 1 aliphatic rings. The Balaban J connectivity index is 1.58. The Bertz CT molecular complexity index is 1310. The molecule has 0 radical (unpaired) electrons. The van der Waals surface area contributed by atoms with Crippen molar-refractivity contribution >= 4 is 16.7 Å². The van der Waals surface area contributed by atoms with Gasteiger partial charge in [0.05, 0.1) is 23.8 Å². The quantitative estimate of drug-likeness (QED) is 0.400. The number of pyridine rings is 2. The second-order valence-corrected chi connectivity index (χ2v) is 10.1. The summed E-state index contributed by atoms with van der Waals surface area (Å²) in [5, 5.41) is 4.35. The van der Waals surface area contributed by atoms with Crippen LogP contribution in [0.15, 0.2) is 24.7 Å². The number of hydrogen-bond donors (Lipinski definition) is 1. The van der Waals surface area contributed by atoms with E-state index in [-0.39, 0.29) is 0 Å². The molecule has 0 saturated heterocycles. The van der Waals surface area contributed by atoms with E-state index in [9.17, 15) is 0 Å². The molecule has 0 aliphatic heterocycles. The van der Waals surface area contributed by atoms with Gasteiger partial charge in [-0.3, -0.25) is 4.98 Å². The van der Waals surface area contributed by atoms with E-state index in [2.05, 4.69) is 60.8 Å². The number of methoxy groups -OCH3 is 1. The van der Waals surface area contributed by atoms with Crippen molar-refractivity contribution in [3.63, 3.8) is 0 Å². The third-order valence-corrected chi connectivity index (χ3v) is 7.67. The van der Waals surface area contributed by atoms with Crippen molar-refractivity contribution in [2.75, 3.05) is 20.7 Å². The number of fused-ring (bicyclic) bond motifs is 2. The van der Waals surface area contributed by atoms with Gasteiger partial charge in [-0.1, -0.05) is 20.8 Å². The highest BCUT2D eigenvalue weighted by atomic mass is 16.5. The topological polar surface area (TPSA) is 71.3 Å². The zero-order valence-electron chi connectivity index (χ0n) is 21.2. The van der Waals surface area contributed by atoms with Crippen LogP contribution in [0.1, 0.15) is 75.1 Å². The molecule has 180 valence electrons. The van der Waals surface area contributed by atoms with E-state index in [1.165, 1.54) is 42.5 Å². The van der Waals surface area contributed by atoms with Crippen molar-refractivity contribution in [1.29, 1.82) is 0 Å². The van der Waals surface area contributed by atoms with Gasteiger partial charge >= 0.3 is 0 Å². The van der Waals surface area contributed by atoms with Crippen molar-refractivity contribution in [3.8, 4) is 17.0 Å². The van der Waals surface area contributed by atoms with E-state index in [0.717, 1.165) is 28.8 Å². The molecule has 1 aliphatic carbocycles. The van der Waals surface area contributed by atoms with Gasteiger partial charge in [-0.05, 0) is 69.8 Å². The van der Waals surface area contributed by atoms with E-state index in [0.29, 0.717) is 29.3 Å². The third-order valence-electron chi connectivity index (χ3n) is 7.67. The number of ether oxygens (including phenoxy) is 1. The van der Waals surface area contributed by atoms with Gasteiger partial charge < -0.3 is 14.6 Å². The minimum Gasteiger partial charge on any atom is -0.493 e. The molecule has 34 heavy (non-hydrogen) atoms. The average molecular weight is 461 g/mol. The summed E-state index contributed by atoms with van der Waals surface area (Å²) in [6.45, 7) is 10.1. The molecule has 7 heteroatoms. The second-order valence-electron chi connectivity index (χ2n) is 10.1. The van der Waals surface area contributed by atoms with Crippen molar-refractivity contribution in [2.45, 2.75) is 71.3 Å². The average Bonchev–Trinajstić information content (AvgIpc) is 3.46. The summed E-state index contributed by atoms with van der Waals surface area (Å²) in [7, 11) is 3.93. The Hall–Kier alpha value is -2.93. The van der Waals surface area contributed by atoms with Gasteiger partial charge in [0.1, 0.15) is 6.33 Å². The summed E-state index contributed by atoms with van der Waals surface area (Å²) in [6.07, 6.45) is 8.50. The number of nitrogens with zero attached hydrogens (tertiary/aromatic N) is 5. The molecule has 5 rings (SSSR count). The molecular formula is C27H36N6O. The van der Waals surface area contributed by atoms with Gasteiger partial charge in [-0.15, -0.1) is 0 Å². The summed E-state index contributed by atoms with van der Waals surface area (Å²) in [5.74, 6) is 1.57. The molecule has 4 heterocycles. The molecule has 0 amide bonds. The zero-order chi connectivity index (χ0) is 24.0. The second kappa shape index (κ2) is 9.02. The van der Waals surface area contributed by atoms with Gasteiger partial charge in [-0.25, -0.2) is 9.50 Å². The molecule has 1 fully saturated rings.